The summed E-state index contributed by atoms with van der Waals surface area (Å²) in [5, 5.41) is 24.6. The maximum Gasteiger partial charge on any atom is 0.707 e. The number of benzene rings is 4. The van der Waals surface area contributed by atoms with Crippen LogP contribution in [0.2, 0.25) is 0 Å². The van der Waals surface area contributed by atoms with Gasteiger partial charge in [-0.05, 0) is 45.1 Å². The van der Waals surface area contributed by atoms with Gasteiger partial charge in [-0.2, -0.15) is 0 Å². The van der Waals surface area contributed by atoms with Gasteiger partial charge in [0.15, 0.2) is 0 Å². The third-order valence-electron chi connectivity index (χ3n) is 3.92. The molecule has 0 saturated carbocycles. The van der Waals surface area contributed by atoms with Gasteiger partial charge in [-0.25, -0.2) is 0 Å². The molecule has 0 atom stereocenters. The van der Waals surface area contributed by atoms with Crippen molar-refractivity contribution in [3.8, 4) is 5.75 Å². The summed E-state index contributed by atoms with van der Waals surface area (Å²) in [6.45, 7) is 0. The van der Waals surface area contributed by atoms with Gasteiger partial charge in [-0.3, -0.25) is 0 Å². The van der Waals surface area contributed by atoms with E-state index in [0.717, 1.165) is 31.4 Å². The Morgan fingerprint density at radius 2 is 1.26 bits per heavy atom. The van der Waals surface area contributed by atoms with Crippen LogP contribution in [0.25, 0.3) is 32.3 Å². The highest BCUT2D eigenvalue weighted by Gasteiger charge is 2.15. The molecule has 0 saturated heterocycles. The predicted octanol–water partition coefficient (Wildman–Crippen LogP) is 3.82. The van der Waals surface area contributed by atoms with Crippen molar-refractivity contribution in [1.29, 1.82) is 0 Å². The summed E-state index contributed by atoms with van der Waals surface area (Å²) < 4.78 is 6.16. The van der Waals surface area contributed by atoms with Crippen LogP contribution in [0, 0.1) is 0 Å². The van der Waals surface area contributed by atoms with Crippen molar-refractivity contribution in [2.75, 3.05) is 28.2 Å². The van der Waals surface area contributed by atoms with E-state index in [4.69, 9.17) is 14.7 Å². The molecule has 0 aliphatic rings. The van der Waals surface area contributed by atoms with Crippen molar-refractivity contribution in [2.24, 2.45) is 0 Å². The van der Waals surface area contributed by atoms with E-state index in [1.165, 1.54) is 5.39 Å². The fraction of sp³-hybridized carbons (Fsp3) is 0.182. The molecule has 4 aromatic carbocycles. The number of fused-ring (bicyclic) bond motifs is 4. The fourth-order valence-electron chi connectivity index (χ4n) is 2.98. The van der Waals surface area contributed by atoms with E-state index in [-0.39, 0.29) is 0 Å². The number of quaternary nitrogens is 1. The highest BCUT2D eigenvalue weighted by molar-refractivity contribution is 6.34. The quantitative estimate of drug-likeness (QED) is 0.247. The average molecular weight is 362 g/mol. The van der Waals surface area contributed by atoms with Crippen LogP contribution in [0.4, 0.5) is 0 Å². The second kappa shape index (κ2) is 7.57. The van der Waals surface area contributed by atoms with Crippen LogP contribution in [-0.4, -0.2) is 50.0 Å². The fourth-order valence-corrected chi connectivity index (χ4v) is 2.98. The molecule has 27 heavy (non-hydrogen) atoms. The van der Waals surface area contributed by atoms with Gasteiger partial charge in [0.1, 0.15) is 5.75 Å². The second-order valence-electron chi connectivity index (χ2n) is 7.97. The molecule has 0 spiro atoms. The highest BCUT2D eigenvalue weighted by Crippen LogP contribution is 2.35. The summed E-state index contributed by atoms with van der Waals surface area (Å²) in [7, 11) is 6.67. The Hall–Kier alpha value is -2.60. The Morgan fingerprint density at radius 1 is 0.704 bits per heavy atom. The molecule has 5 heteroatoms. The first-order chi connectivity index (χ1) is 12.7. The van der Waals surface area contributed by atoms with Gasteiger partial charge >= 0.3 is 7.32 Å². The van der Waals surface area contributed by atoms with Crippen molar-refractivity contribution in [2.45, 2.75) is 0 Å². The predicted molar refractivity (Wildman–Crippen MR) is 114 cm³/mol. The van der Waals surface area contributed by atoms with E-state index in [1.54, 1.807) is 6.07 Å². The molecule has 0 amide bonds. The molecule has 0 aliphatic carbocycles. The first-order valence-corrected chi connectivity index (χ1v) is 8.88. The van der Waals surface area contributed by atoms with Gasteiger partial charge in [-0.1, -0.05) is 48.5 Å². The van der Waals surface area contributed by atoms with Crippen molar-refractivity contribution in [1.82, 2.24) is 0 Å². The first-order valence-electron chi connectivity index (χ1n) is 8.88. The normalized spacial score (nSPS) is 11.3. The van der Waals surface area contributed by atoms with Crippen molar-refractivity contribution in [3.63, 3.8) is 0 Å². The smallest absolute Gasteiger partial charge is 0.511 e. The zero-order valence-corrected chi connectivity index (χ0v) is 16.2. The van der Waals surface area contributed by atoms with Crippen LogP contribution in [0.5, 0.6) is 5.75 Å². The van der Waals surface area contributed by atoms with Crippen LogP contribution in [0.1, 0.15) is 0 Å². The van der Waals surface area contributed by atoms with E-state index in [0.29, 0.717) is 5.75 Å². The first kappa shape index (κ1) is 19.2. The Morgan fingerprint density at radius 3 is 1.89 bits per heavy atom. The zero-order valence-electron chi connectivity index (χ0n) is 16.2. The van der Waals surface area contributed by atoms with E-state index >= 15 is 0 Å². The minimum atomic E-state index is -1.83. The molecule has 4 aromatic rings. The van der Waals surface area contributed by atoms with Crippen LogP contribution < -0.4 is 4.65 Å². The van der Waals surface area contributed by atoms with Gasteiger partial charge in [-0.15, -0.1) is 0 Å². The molecule has 0 fully saturated rings. The minimum absolute atomic E-state index is 0.466. The van der Waals surface area contributed by atoms with Gasteiger partial charge in [0, 0.05) is 5.39 Å². The number of rotatable bonds is 2. The average Bonchev–Trinajstić information content (AvgIpc) is 2.58. The molecule has 4 nitrogen and oxygen atoms in total. The third kappa shape index (κ3) is 4.77. The maximum atomic E-state index is 9.14. The van der Waals surface area contributed by atoms with Gasteiger partial charge in [0.25, 0.3) is 0 Å². The summed E-state index contributed by atoms with van der Waals surface area (Å²) in [5.74, 6) is 0.466. The Labute approximate surface area is 160 Å². The standard InChI is InChI=1S/C18H13BO3.C4H12N/c20-19(21)22-17-7-3-6-12-8-9-15-10-13-4-1-2-5-14(13)11-16(15)18(12)17;1-5(2,3)4/h1-11,20-21H;1-4H3/q;+1. The monoisotopic (exact) mass is 362 g/mol. The molecule has 0 heterocycles. The van der Waals surface area contributed by atoms with Crippen molar-refractivity contribution >= 4 is 39.6 Å². The van der Waals surface area contributed by atoms with Crippen molar-refractivity contribution < 1.29 is 19.2 Å². The number of hydrogen-bond donors (Lipinski definition) is 2. The Kier molecular flexibility index (Phi) is 5.37. The van der Waals surface area contributed by atoms with Crippen LogP contribution in [0.15, 0.2) is 66.7 Å². The lowest BCUT2D eigenvalue weighted by atomic mass is 9.97. The molecule has 0 bridgehead atoms. The summed E-state index contributed by atoms with van der Waals surface area (Å²) in [4.78, 5) is 0. The molecule has 0 radical (unpaired) electrons. The largest absolute Gasteiger partial charge is 0.707 e. The molecule has 0 unspecified atom stereocenters. The Bertz CT molecular complexity index is 1080. The highest BCUT2D eigenvalue weighted by atomic mass is 16.6. The van der Waals surface area contributed by atoms with Gasteiger partial charge < -0.3 is 19.2 Å². The lowest BCUT2D eigenvalue weighted by Crippen LogP contribution is -2.27. The third-order valence-corrected chi connectivity index (χ3v) is 3.92. The molecule has 2 N–H and O–H groups in total. The summed E-state index contributed by atoms with van der Waals surface area (Å²) in [6.07, 6.45) is 0. The molecule has 4 rings (SSSR count). The molecular weight excluding hydrogens is 337 g/mol. The summed E-state index contributed by atoms with van der Waals surface area (Å²) in [6, 6.07) is 22.1. The van der Waals surface area contributed by atoms with Gasteiger partial charge in [0.05, 0.1) is 28.2 Å². The minimum Gasteiger partial charge on any atom is -0.511 e. The lowest BCUT2D eigenvalue weighted by molar-refractivity contribution is -0.849. The SMILES string of the molecule is C[N+](C)(C)C.OB(O)Oc1cccc2ccc3cc4ccccc4cc3c12. The van der Waals surface area contributed by atoms with Crippen LogP contribution in [0.3, 0.4) is 0 Å². The Balaban J connectivity index is 0.000000376. The second-order valence-corrected chi connectivity index (χ2v) is 7.97. The van der Waals surface area contributed by atoms with E-state index in [1.807, 2.05) is 30.3 Å². The number of nitrogens with zero attached hydrogens (tertiary/aromatic N) is 1. The molecule has 0 aliphatic heterocycles. The van der Waals surface area contributed by atoms with E-state index in [9.17, 15) is 0 Å². The molecule has 0 aromatic heterocycles. The maximum absolute atomic E-state index is 9.14. The van der Waals surface area contributed by atoms with Crippen molar-refractivity contribution in [3.05, 3.63) is 66.7 Å². The summed E-state index contributed by atoms with van der Waals surface area (Å²) in [5.41, 5.74) is 0. The van der Waals surface area contributed by atoms with Gasteiger partial charge in [0.2, 0.25) is 0 Å². The van der Waals surface area contributed by atoms with Crippen LogP contribution in [-0.2, 0) is 0 Å². The zero-order chi connectivity index (χ0) is 19.6. The topological polar surface area (TPSA) is 49.7 Å². The van der Waals surface area contributed by atoms with Crippen LogP contribution >= 0.6 is 0 Å². The molecule has 138 valence electrons. The summed E-state index contributed by atoms with van der Waals surface area (Å²) >= 11 is 0. The van der Waals surface area contributed by atoms with E-state index in [2.05, 4.69) is 58.5 Å². The van der Waals surface area contributed by atoms with E-state index < -0.39 is 7.32 Å². The molecular formula is C22H25BNO3+. The lowest BCUT2D eigenvalue weighted by Gasteiger charge is -2.14. The number of hydrogen-bond acceptors (Lipinski definition) is 3.